The second kappa shape index (κ2) is 11.3. The van der Waals surface area contributed by atoms with E-state index in [4.69, 9.17) is 9.47 Å². The van der Waals surface area contributed by atoms with E-state index in [9.17, 15) is 19.2 Å². The summed E-state index contributed by atoms with van der Waals surface area (Å²) < 4.78 is 15.2. The van der Waals surface area contributed by atoms with Crippen LogP contribution in [-0.2, 0) is 19.1 Å². The van der Waals surface area contributed by atoms with E-state index in [1.807, 2.05) is 48.5 Å². The van der Waals surface area contributed by atoms with Crippen LogP contribution in [0.4, 0.5) is 10.5 Å². The molecular formula is C27H25N3O7. The maximum atomic E-state index is 12.7. The number of hydrogen-bond donors (Lipinski definition) is 3. The Morgan fingerprint density at radius 2 is 1.49 bits per heavy atom. The van der Waals surface area contributed by atoms with Crippen molar-refractivity contribution in [2.75, 3.05) is 25.6 Å². The molecule has 190 valence electrons. The maximum absolute atomic E-state index is 12.7. The lowest BCUT2D eigenvalue weighted by Crippen LogP contribution is -2.42. The number of hydrogen-bond acceptors (Lipinski definition) is 7. The van der Waals surface area contributed by atoms with Crippen molar-refractivity contribution in [3.8, 4) is 16.9 Å². The van der Waals surface area contributed by atoms with Gasteiger partial charge >= 0.3 is 18.0 Å². The summed E-state index contributed by atoms with van der Waals surface area (Å²) in [5.74, 6) is -2.72. The van der Waals surface area contributed by atoms with Crippen molar-refractivity contribution in [3.05, 3.63) is 83.4 Å². The van der Waals surface area contributed by atoms with Crippen LogP contribution in [0, 0.1) is 0 Å². The van der Waals surface area contributed by atoms with Crippen LogP contribution in [0.5, 0.6) is 5.75 Å². The van der Waals surface area contributed by atoms with Crippen molar-refractivity contribution < 1.29 is 33.4 Å². The summed E-state index contributed by atoms with van der Waals surface area (Å²) in [6.45, 7) is 1.70. The second-order valence-electron chi connectivity index (χ2n) is 7.99. The molecule has 10 nitrogen and oxygen atoms in total. The molecule has 1 aliphatic rings. The van der Waals surface area contributed by atoms with Crippen molar-refractivity contribution in [3.63, 3.8) is 0 Å². The fourth-order valence-corrected chi connectivity index (χ4v) is 4.15. The Kier molecular flexibility index (Phi) is 7.68. The van der Waals surface area contributed by atoms with Gasteiger partial charge in [-0.05, 0) is 47.4 Å². The summed E-state index contributed by atoms with van der Waals surface area (Å²) in [7, 11) is 1.36. The minimum absolute atomic E-state index is 0.00288. The van der Waals surface area contributed by atoms with Crippen molar-refractivity contribution in [2.45, 2.75) is 12.8 Å². The highest BCUT2D eigenvalue weighted by atomic mass is 16.6. The molecule has 0 atom stereocenters. The molecule has 0 saturated carbocycles. The highest BCUT2D eigenvalue weighted by molar-refractivity contribution is 6.37. The van der Waals surface area contributed by atoms with Gasteiger partial charge in [0, 0.05) is 11.6 Å². The van der Waals surface area contributed by atoms with Gasteiger partial charge in [-0.2, -0.15) is 0 Å². The zero-order valence-electron chi connectivity index (χ0n) is 20.2. The number of benzene rings is 3. The van der Waals surface area contributed by atoms with Gasteiger partial charge in [-0.1, -0.05) is 48.5 Å². The molecule has 0 aromatic heterocycles. The molecule has 0 aliphatic heterocycles. The van der Waals surface area contributed by atoms with Crippen LogP contribution in [0.25, 0.3) is 11.1 Å². The summed E-state index contributed by atoms with van der Waals surface area (Å²) >= 11 is 0. The van der Waals surface area contributed by atoms with Gasteiger partial charge in [-0.25, -0.2) is 15.0 Å². The molecule has 0 saturated heterocycles. The van der Waals surface area contributed by atoms with Gasteiger partial charge in [0.15, 0.2) is 0 Å². The van der Waals surface area contributed by atoms with Crippen molar-refractivity contribution in [1.82, 2.24) is 10.9 Å². The minimum atomic E-state index is -1.05. The summed E-state index contributed by atoms with van der Waals surface area (Å²) in [5, 5.41) is 2.34. The standard InChI is InChI=1S/C27H25N3O7/c1-3-36-26(33)25(32)28-16-12-13-23(35-2)21(14-16)24(31)29-30-27(34)37-15-22-19-10-6-4-8-17(19)18-9-5-7-11-20(18)22/h4-14,22H,3,15H2,1-2H3,(H,28,32)(H,29,31)(H,30,34). The van der Waals surface area contributed by atoms with Gasteiger partial charge in [-0.3, -0.25) is 15.0 Å². The van der Waals surface area contributed by atoms with Crippen molar-refractivity contribution in [1.29, 1.82) is 0 Å². The minimum Gasteiger partial charge on any atom is -0.496 e. The van der Waals surface area contributed by atoms with E-state index < -0.39 is 23.9 Å². The van der Waals surface area contributed by atoms with E-state index in [0.29, 0.717) is 0 Å². The second-order valence-corrected chi connectivity index (χ2v) is 7.99. The molecule has 3 aromatic carbocycles. The number of rotatable bonds is 6. The first-order valence-corrected chi connectivity index (χ1v) is 11.5. The zero-order chi connectivity index (χ0) is 26.4. The number of fused-ring (bicyclic) bond motifs is 3. The molecule has 3 N–H and O–H groups in total. The highest BCUT2D eigenvalue weighted by Crippen LogP contribution is 2.44. The first-order valence-electron chi connectivity index (χ1n) is 11.5. The number of nitrogens with one attached hydrogen (secondary N) is 3. The van der Waals surface area contributed by atoms with Crippen LogP contribution >= 0.6 is 0 Å². The van der Waals surface area contributed by atoms with Crippen LogP contribution in [0.15, 0.2) is 66.7 Å². The Morgan fingerprint density at radius 1 is 0.838 bits per heavy atom. The average Bonchev–Trinajstić information content (AvgIpc) is 3.24. The Labute approximate surface area is 212 Å². The number of esters is 1. The number of amides is 3. The lowest BCUT2D eigenvalue weighted by molar-refractivity contribution is -0.152. The third-order valence-corrected chi connectivity index (χ3v) is 5.78. The van der Waals surface area contributed by atoms with E-state index in [0.717, 1.165) is 22.3 Å². The van der Waals surface area contributed by atoms with E-state index in [1.54, 1.807) is 6.92 Å². The van der Waals surface area contributed by atoms with Crippen molar-refractivity contribution >= 4 is 29.6 Å². The van der Waals surface area contributed by atoms with Gasteiger partial charge in [0.25, 0.3) is 5.91 Å². The van der Waals surface area contributed by atoms with E-state index in [1.165, 1.54) is 25.3 Å². The van der Waals surface area contributed by atoms with E-state index in [-0.39, 0.29) is 36.1 Å². The monoisotopic (exact) mass is 503 g/mol. The highest BCUT2D eigenvalue weighted by Gasteiger charge is 2.29. The van der Waals surface area contributed by atoms with Gasteiger partial charge in [0.05, 0.1) is 19.3 Å². The first kappa shape index (κ1) is 25.2. The Bertz CT molecular complexity index is 1310. The third kappa shape index (κ3) is 5.53. The number of carbonyl (C=O) groups is 4. The molecule has 0 heterocycles. The quantitative estimate of drug-likeness (QED) is 0.267. The average molecular weight is 504 g/mol. The summed E-state index contributed by atoms with van der Waals surface area (Å²) in [6, 6.07) is 20.1. The SMILES string of the molecule is CCOC(=O)C(=O)Nc1ccc(OC)c(C(=O)NNC(=O)OCC2c3ccccc3-c3ccccc32)c1. The van der Waals surface area contributed by atoms with Crippen LogP contribution in [0.2, 0.25) is 0 Å². The van der Waals surface area contributed by atoms with E-state index >= 15 is 0 Å². The van der Waals surface area contributed by atoms with Gasteiger partial charge in [-0.15, -0.1) is 0 Å². The Morgan fingerprint density at radius 3 is 2.11 bits per heavy atom. The smallest absolute Gasteiger partial charge is 0.426 e. The molecule has 1 aliphatic carbocycles. The predicted octanol–water partition coefficient (Wildman–Crippen LogP) is 3.38. The molecule has 0 radical (unpaired) electrons. The molecule has 0 spiro atoms. The number of carbonyl (C=O) groups excluding carboxylic acids is 4. The molecule has 0 unspecified atom stereocenters. The fraction of sp³-hybridized carbons (Fsp3) is 0.185. The first-order chi connectivity index (χ1) is 17.9. The lowest BCUT2D eigenvalue weighted by atomic mass is 9.98. The molecule has 3 amide bonds. The summed E-state index contributed by atoms with van der Waals surface area (Å²) in [6.07, 6.45) is -0.846. The van der Waals surface area contributed by atoms with Crippen LogP contribution in [0.3, 0.4) is 0 Å². The van der Waals surface area contributed by atoms with Crippen LogP contribution in [0.1, 0.15) is 34.3 Å². The third-order valence-electron chi connectivity index (χ3n) is 5.78. The van der Waals surface area contributed by atoms with Crippen LogP contribution in [-0.4, -0.2) is 44.2 Å². The summed E-state index contributed by atoms with van der Waals surface area (Å²) in [4.78, 5) is 48.6. The Hall–Kier alpha value is -4.86. The molecule has 0 bridgehead atoms. The van der Waals surface area contributed by atoms with Crippen molar-refractivity contribution in [2.24, 2.45) is 0 Å². The van der Waals surface area contributed by atoms with Crippen LogP contribution < -0.4 is 20.9 Å². The van der Waals surface area contributed by atoms with E-state index in [2.05, 4.69) is 20.9 Å². The van der Waals surface area contributed by atoms with Gasteiger partial charge in [0.1, 0.15) is 12.4 Å². The topological polar surface area (TPSA) is 132 Å². The van der Waals surface area contributed by atoms with Gasteiger partial charge in [0.2, 0.25) is 0 Å². The molecule has 3 aromatic rings. The molecule has 10 heteroatoms. The Balaban J connectivity index is 1.37. The largest absolute Gasteiger partial charge is 0.496 e. The zero-order valence-corrected chi connectivity index (χ0v) is 20.2. The maximum Gasteiger partial charge on any atom is 0.426 e. The molecule has 4 rings (SSSR count). The molecule has 0 fully saturated rings. The number of anilines is 1. The number of hydrazine groups is 1. The molecule has 37 heavy (non-hydrogen) atoms. The number of ether oxygens (including phenoxy) is 3. The number of methoxy groups -OCH3 is 1. The lowest BCUT2D eigenvalue weighted by Gasteiger charge is -2.15. The normalized spacial score (nSPS) is 11.5. The molecular weight excluding hydrogens is 478 g/mol. The fourth-order valence-electron chi connectivity index (χ4n) is 4.15. The predicted molar refractivity (Wildman–Crippen MR) is 134 cm³/mol. The van der Waals surface area contributed by atoms with Gasteiger partial charge < -0.3 is 19.5 Å². The summed E-state index contributed by atoms with van der Waals surface area (Å²) in [5.41, 5.74) is 8.97.